The number of nitrogens with one attached hydrogen (secondary N) is 1. The second kappa shape index (κ2) is 7.24. The van der Waals surface area contributed by atoms with Crippen LogP contribution in [0, 0.1) is 0 Å². The SMILES string of the molecule is CC1CCC(c2ccc(C(=O)N3CCN(C(=O)C4(O)CC4)CC3)cc2)CN1. The van der Waals surface area contributed by atoms with Gasteiger partial charge in [0, 0.05) is 44.3 Å². The van der Waals surface area contributed by atoms with E-state index in [0.717, 1.165) is 6.54 Å². The number of hydrogen-bond donors (Lipinski definition) is 2. The second-order valence-corrected chi connectivity index (χ2v) is 8.32. The Bertz CT molecular complexity index is 698. The number of amides is 2. The lowest BCUT2D eigenvalue weighted by Gasteiger charge is -2.35. The van der Waals surface area contributed by atoms with Crippen molar-refractivity contribution < 1.29 is 14.7 Å². The first-order chi connectivity index (χ1) is 13.0. The topological polar surface area (TPSA) is 72.9 Å². The molecule has 146 valence electrons. The predicted octanol–water partition coefficient (Wildman–Crippen LogP) is 1.35. The standard InChI is InChI=1S/C21H29N3O3/c1-15-2-3-18(14-22-15)16-4-6-17(7-5-16)19(25)23-10-12-24(13-11-23)20(26)21(27)8-9-21/h4-7,15,18,22,27H,2-3,8-14H2,1H3. The smallest absolute Gasteiger partial charge is 0.254 e. The number of piperidine rings is 1. The summed E-state index contributed by atoms with van der Waals surface area (Å²) in [6, 6.07) is 8.61. The van der Waals surface area contributed by atoms with Crippen molar-refractivity contribution in [2.75, 3.05) is 32.7 Å². The van der Waals surface area contributed by atoms with Crippen LogP contribution in [0.25, 0.3) is 0 Å². The number of carbonyl (C=O) groups excluding carboxylic acids is 2. The fourth-order valence-corrected chi connectivity index (χ4v) is 4.10. The van der Waals surface area contributed by atoms with Gasteiger partial charge >= 0.3 is 0 Å². The van der Waals surface area contributed by atoms with E-state index < -0.39 is 5.60 Å². The van der Waals surface area contributed by atoms with Crippen LogP contribution in [-0.2, 0) is 4.79 Å². The number of piperazine rings is 1. The maximum atomic E-state index is 12.8. The average molecular weight is 371 g/mol. The quantitative estimate of drug-likeness (QED) is 0.841. The minimum atomic E-state index is -1.12. The fraction of sp³-hybridized carbons (Fsp3) is 0.619. The van der Waals surface area contributed by atoms with Crippen molar-refractivity contribution in [3.8, 4) is 0 Å². The highest BCUT2D eigenvalue weighted by atomic mass is 16.3. The molecule has 2 heterocycles. The van der Waals surface area contributed by atoms with Crippen LogP contribution in [0.1, 0.15) is 54.4 Å². The number of rotatable bonds is 3. The lowest BCUT2D eigenvalue weighted by Crippen LogP contribution is -2.53. The second-order valence-electron chi connectivity index (χ2n) is 8.32. The Kier molecular flexibility index (Phi) is 4.95. The fourth-order valence-electron chi connectivity index (χ4n) is 4.10. The van der Waals surface area contributed by atoms with Gasteiger partial charge in [0.15, 0.2) is 0 Å². The van der Waals surface area contributed by atoms with Gasteiger partial charge in [-0.2, -0.15) is 0 Å². The van der Waals surface area contributed by atoms with E-state index in [1.54, 1.807) is 9.80 Å². The summed E-state index contributed by atoms with van der Waals surface area (Å²) in [7, 11) is 0. The summed E-state index contributed by atoms with van der Waals surface area (Å²) >= 11 is 0. The van der Waals surface area contributed by atoms with Crippen LogP contribution >= 0.6 is 0 Å². The molecule has 0 spiro atoms. The monoisotopic (exact) mass is 371 g/mol. The third-order valence-electron chi connectivity index (χ3n) is 6.27. The Morgan fingerprint density at radius 3 is 2.22 bits per heavy atom. The first-order valence-corrected chi connectivity index (χ1v) is 10.1. The molecule has 2 aliphatic heterocycles. The van der Waals surface area contributed by atoms with Crippen molar-refractivity contribution in [3.63, 3.8) is 0 Å². The zero-order valence-corrected chi connectivity index (χ0v) is 16.0. The maximum Gasteiger partial charge on any atom is 0.254 e. The van der Waals surface area contributed by atoms with E-state index in [4.69, 9.17) is 0 Å². The van der Waals surface area contributed by atoms with Gasteiger partial charge in [-0.25, -0.2) is 0 Å². The van der Waals surface area contributed by atoms with Gasteiger partial charge in [0.25, 0.3) is 11.8 Å². The van der Waals surface area contributed by atoms with E-state index in [1.807, 2.05) is 12.1 Å². The Morgan fingerprint density at radius 2 is 1.67 bits per heavy atom. The van der Waals surface area contributed by atoms with Crippen LogP contribution in [-0.4, -0.2) is 71.1 Å². The molecule has 3 aliphatic rings. The number of nitrogens with zero attached hydrogens (tertiary/aromatic N) is 2. The van der Waals surface area contributed by atoms with Gasteiger partial charge in [-0.05, 0) is 56.2 Å². The molecule has 0 aromatic heterocycles. The van der Waals surface area contributed by atoms with E-state index in [1.165, 1.54) is 18.4 Å². The molecule has 6 nitrogen and oxygen atoms in total. The first-order valence-electron chi connectivity index (χ1n) is 10.1. The molecule has 2 N–H and O–H groups in total. The van der Waals surface area contributed by atoms with E-state index in [0.29, 0.717) is 56.5 Å². The molecule has 2 atom stereocenters. The molecule has 1 aromatic rings. The van der Waals surface area contributed by atoms with Crippen molar-refractivity contribution >= 4 is 11.8 Å². The van der Waals surface area contributed by atoms with Gasteiger partial charge in [0.05, 0.1) is 0 Å². The van der Waals surface area contributed by atoms with Gasteiger partial charge < -0.3 is 20.2 Å². The minimum Gasteiger partial charge on any atom is -0.380 e. The normalized spacial score (nSPS) is 27.3. The highest BCUT2D eigenvalue weighted by molar-refractivity contribution is 5.94. The first kappa shape index (κ1) is 18.4. The van der Waals surface area contributed by atoms with Crippen molar-refractivity contribution in [3.05, 3.63) is 35.4 Å². The summed E-state index contributed by atoms with van der Waals surface area (Å²) in [4.78, 5) is 28.5. The van der Waals surface area contributed by atoms with Gasteiger partial charge in [0.1, 0.15) is 5.60 Å². The summed E-state index contributed by atoms with van der Waals surface area (Å²) in [5.74, 6) is 0.372. The predicted molar refractivity (Wildman–Crippen MR) is 103 cm³/mol. The summed E-state index contributed by atoms with van der Waals surface area (Å²) in [6.45, 7) is 5.25. The van der Waals surface area contributed by atoms with Crippen molar-refractivity contribution in [1.29, 1.82) is 0 Å². The van der Waals surface area contributed by atoms with Gasteiger partial charge in [0.2, 0.25) is 0 Å². The third-order valence-corrected chi connectivity index (χ3v) is 6.27. The zero-order chi connectivity index (χ0) is 19.0. The van der Waals surface area contributed by atoms with Crippen molar-refractivity contribution in [1.82, 2.24) is 15.1 Å². The highest BCUT2D eigenvalue weighted by Crippen LogP contribution is 2.37. The summed E-state index contributed by atoms with van der Waals surface area (Å²) < 4.78 is 0. The van der Waals surface area contributed by atoms with Crippen LogP contribution in [0.3, 0.4) is 0 Å². The lowest BCUT2D eigenvalue weighted by atomic mass is 9.89. The molecule has 27 heavy (non-hydrogen) atoms. The third kappa shape index (κ3) is 3.87. The molecule has 0 radical (unpaired) electrons. The average Bonchev–Trinajstić information content (AvgIpc) is 3.46. The molecule has 1 aromatic carbocycles. The lowest BCUT2D eigenvalue weighted by molar-refractivity contribution is -0.143. The number of aliphatic hydroxyl groups is 1. The molecule has 4 rings (SSSR count). The zero-order valence-electron chi connectivity index (χ0n) is 16.0. The van der Waals surface area contributed by atoms with Gasteiger partial charge in [-0.15, -0.1) is 0 Å². The molecule has 2 amide bonds. The Morgan fingerprint density at radius 1 is 1.04 bits per heavy atom. The van der Waals surface area contributed by atoms with Crippen LogP contribution in [0.15, 0.2) is 24.3 Å². The highest BCUT2D eigenvalue weighted by Gasteiger charge is 2.50. The van der Waals surface area contributed by atoms with Crippen LogP contribution < -0.4 is 5.32 Å². The molecule has 6 heteroatoms. The van der Waals surface area contributed by atoms with E-state index >= 15 is 0 Å². The van der Waals surface area contributed by atoms with Crippen LogP contribution in [0.4, 0.5) is 0 Å². The molecular weight excluding hydrogens is 342 g/mol. The Hall–Kier alpha value is -1.92. The van der Waals surface area contributed by atoms with E-state index in [9.17, 15) is 14.7 Å². The maximum absolute atomic E-state index is 12.8. The Balaban J connectivity index is 1.33. The molecular formula is C21H29N3O3. The van der Waals surface area contributed by atoms with E-state index in [-0.39, 0.29) is 11.8 Å². The van der Waals surface area contributed by atoms with Crippen LogP contribution in [0.2, 0.25) is 0 Å². The minimum absolute atomic E-state index is 0.0224. The number of hydrogen-bond acceptors (Lipinski definition) is 4. The number of benzene rings is 1. The van der Waals surface area contributed by atoms with Crippen molar-refractivity contribution in [2.24, 2.45) is 0 Å². The summed E-state index contributed by atoms with van der Waals surface area (Å²) in [6.07, 6.45) is 3.49. The van der Waals surface area contributed by atoms with Crippen molar-refractivity contribution in [2.45, 2.75) is 50.2 Å². The van der Waals surface area contributed by atoms with Gasteiger partial charge in [-0.1, -0.05) is 12.1 Å². The summed E-state index contributed by atoms with van der Waals surface area (Å²) in [5.41, 5.74) is 0.879. The molecule has 0 bridgehead atoms. The molecule has 2 unspecified atom stereocenters. The molecule has 2 saturated heterocycles. The molecule has 3 fully saturated rings. The molecule has 1 aliphatic carbocycles. The largest absolute Gasteiger partial charge is 0.380 e. The molecule has 1 saturated carbocycles. The summed E-state index contributed by atoms with van der Waals surface area (Å²) in [5, 5.41) is 13.5. The Labute approximate surface area is 160 Å². The number of carbonyl (C=O) groups is 2. The van der Waals surface area contributed by atoms with Gasteiger partial charge in [-0.3, -0.25) is 9.59 Å². The van der Waals surface area contributed by atoms with E-state index in [2.05, 4.69) is 24.4 Å². The van der Waals surface area contributed by atoms with Crippen LogP contribution in [0.5, 0.6) is 0 Å².